The molecule has 5 heteroatoms. The van der Waals surface area contributed by atoms with E-state index in [9.17, 15) is 13.5 Å². The second-order valence-corrected chi connectivity index (χ2v) is 6.72. The number of benzene rings is 1. The number of hydrogen-bond acceptors (Lipinski definition) is 4. The Hall–Kier alpha value is -1.07. The Morgan fingerprint density at radius 3 is 2.56 bits per heavy atom. The van der Waals surface area contributed by atoms with Gasteiger partial charge in [0.1, 0.15) is 10.6 Å². The maximum Gasteiger partial charge on any atom is 0.187 e. The van der Waals surface area contributed by atoms with Crippen molar-refractivity contribution in [3.63, 3.8) is 0 Å². The van der Waals surface area contributed by atoms with Gasteiger partial charge in [-0.1, -0.05) is 25.0 Å². The molecule has 1 aromatic rings. The van der Waals surface area contributed by atoms with E-state index in [1.54, 1.807) is 18.2 Å². The summed E-state index contributed by atoms with van der Waals surface area (Å²) >= 11 is 0. The molecule has 0 aromatic heterocycles. The molecule has 1 aromatic carbocycles. The summed E-state index contributed by atoms with van der Waals surface area (Å²) in [5.41, 5.74) is 0. The highest BCUT2D eigenvalue weighted by atomic mass is 32.2. The minimum absolute atomic E-state index is 0.179. The van der Waals surface area contributed by atoms with Gasteiger partial charge in [-0.05, 0) is 25.0 Å². The SMILES string of the molecule is COc1ccccc1S(=O)(=O)C1CCCCC1O. The fourth-order valence-corrected chi connectivity index (χ4v) is 4.51. The van der Waals surface area contributed by atoms with E-state index in [4.69, 9.17) is 4.74 Å². The minimum Gasteiger partial charge on any atom is -0.495 e. The van der Waals surface area contributed by atoms with Crippen molar-refractivity contribution in [3.05, 3.63) is 24.3 Å². The van der Waals surface area contributed by atoms with E-state index < -0.39 is 21.2 Å². The van der Waals surface area contributed by atoms with E-state index >= 15 is 0 Å². The molecule has 100 valence electrons. The van der Waals surface area contributed by atoms with Gasteiger partial charge in [0.25, 0.3) is 0 Å². The monoisotopic (exact) mass is 270 g/mol. The minimum atomic E-state index is -3.53. The fourth-order valence-electron chi connectivity index (χ4n) is 2.46. The average Bonchev–Trinajstić information content (AvgIpc) is 2.39. The van der Waals surface area contributed by atoms with Crippen LogP contribution in [-0.2, 0) is 9.84 Å². The van der Waals surface area contributed by atoms with Crippen molar-refractivity contribution < 1.29 is 18.3 Å². The zero-order valence-corrected chi connectivity index (χ0v) is 11.2. The highest BCUT2D eigenvalue weighted by Gasteiger charge is 2.36. The van der Waals surface area contributed by atoms with Crippen LogP contribution in [0.2, 0.25) is 0 Å². The van der Waals surface area contributed by atoms with Gasteiger partial charge in [0.2, 0.25) is 0 Å². The number of rotatable bonds is 3. The van der Waals surface area contributed by atoms with E-state index in [2.05, 4.69) is 0 Å². The van der Waals surface area contributed by atoms with Crippen molar-refractivity contribution >= 4 is 9.84 Å². The number of sulfone groups is 1. The van der Waals surface area contributed by atoms with Crippen LogP contribution in [0.15, 0.2) is 29.2 Å². The molecule has 0 aliphatic heterocycles. The van der Waals surface area contributed by atoms with Gasteiger partial charge >= 0.3 is 0 Å². The molecule has 2 atom stereocenters. The van der Waals surface area contributed by atoms with Crippen molar-refractivity contribution in [2.45, 2.75) is 41.9 Å². The third-order valence-electron chi connectivity index (χ3n) is 3.44. The second-order valence-electron chi connectivity index (χ2n) is 4.59. The van der Waals surface area contributed by atoms with Crippen molar-refractivity contribution in [1.82, 2.24) is 0 Å². The maximum absolute atomic E-state index is 12.5. The van der Waals surface area contributed by atoms with Crippen LogP contribution in [0, 0.1) is 0 Å². The van der Waals surface area contributed by atoms with Gasteiger partial charge in [-0.2, -0.15) is 0 Å². The maximum atomic E-state index is 12.5. The number of aliphatic hydroxyl groups is 1. The summed E-state index contributed by atoms with van der Waals surface area (Å²) in [5.74, 6) is 0.343. The first-order valence-corrected chi connectivity index (χ1v) is 7.67. The first-order valence-electron chi connectivity index (χ1n) is 6.12. The molecule has 0 saturated heterocycles. The summed E-state index contributed by atoms with van der Waals surface area (Å²) in [5, 5.41) is 9.20. The van der Waals surface area contributed by atoms with Crippen molar-refractivity contribution in [3.8, 4) is 5.75 Å². The van der Waals surface area contributed by atoms with E-state index in [1.807, 2.05) is 0 Å². The Kier molecular flexibility index (Phi) is 3.92. The van der Waals surface area contributed by atoms with Crippen LogP contribution >= 0.6 is 0 Å². The molecular weight excluding hydrogens is 252 g/mol. The number of aliphatic hydroxyl groups excluding tert-OH is 1. The lowest BCUT2D eigenvalue weighted by Gasteiger charge is -2.27. The average molecular weight is 270 g/mol. The lowest BCUT2D eigenvalue weighted by atomic mass is 9.97. The normalized spacial score (nSPS) is 24.8. The van der Waals surface area contributed by atoms with Gasteiger partial charge in [0, 0.05) is 0 Å². The van der Waals surface area contributed by atoms with E-state index in [1.165, 1.54) is 13.2 Å². The summed E-state index contributed by atoms with van der Waals surface area (Å²) in [4.78, 5) is 0.179. The molecule has 1 aliphatic rings. The number of hydrogen-bond donors (Lipinski definition) is 1. The first-order chi connectivity index (χ1) is 8.57. The quantitative estimate of drug-likeness (QED) is 0.909. The summed E-state index contributed by atoms with van der Waals surface area (Å²) < 4.78 is 30.2. The van der Waals surface area contributed by atoms with Gasteiger partial charge in [0.15, 0.2) is 9.84 Å². The van der Waals surface area contributed by atoms with Gasteiger partial charge in [0.05, 0.1) is 18.5 Å². The first kappa shape index (κ1) is 13.4. The fraction of sp³-hybridized carbons (Fsp3) is 0.538. The molecule has 0 spiro atoms. The van der Waals surface area contributed by atoms with Gasteiger partial charge in [-0.3, -0.25) is 0 Å². The summed E-state index contributed by atoms with van der Waals surface area (Å²) in [6.45, 7) is 0. The molecule has 1 saturated carbocycles. The van der Waals surface area contributed by atoms with Gasteiger partial charge < -0.3 is 9.84 Å². The molecule has 0 amide bonds. The summed E-state index contributed by atoms with van der Waals surface area (Å²) in [6, 6.07) is 6.57. The molecule has 0 bridgehead atoms. The molecular formula is C13H18O4S. The van der Waals surface area contributed by atoms with E-state index in [-0.39, 0.29) is 4.90 Å². The van der Waals surface area contributed by atoms with Crippen molar-refractivity contribution in [2.24, 2.45) is 0 Å². The van der Waals surface area contributed by atoms with Crippen molar-refractivity contribution in [2.75, 3.05) is 7.11 Å². The molecule has 1 N–H and O–H groups in total. The third-order valence-corrected chi connectivity index (χ3v) is 5.74. The van der Waals surface area contributed by atoms with Gasteiger partial charge in [-0.25, -0.2) is 8.42 Å². The summed E-state index contributed by atoms with van der Waals surface area (Å²) in [7, 11) is -2.08. The van der Waals surface area contributed by atoms with Crippen LogP contribution in [0.3, 0.4) is 0 Å². The van der Waals surface area contributed by atoms with Crippen molar-refractivity contribution in [1.29, 1.82) is 0 Å². The Balaban J connectivity index is 2.41. The zero-order chi connectivity index (χ0) is 13.2. The topological polar surface area (TPSA) is 63.6 Å². The Morgan fingerprint density at radius 1 is 1.22 bits per heavy atom. The molecule has 0 radical (unpaired) electrons. The van der Waals surface area contributed by atoms with Crippen LogP contribution in [0.5, 0.6) is 5.75 Å². The van der Waals surface area contributed by atoms with Crippen LogP contribution in [0.25, 0.3) is 0 Å². The molecule has 1 aliphatic carbocycles. The van der Waals surface area contributed by atoms with Crippen LogP contribution in [0.4, 0.5) is 0 Å². The smallest absolute Gasteiger partial charge is 0.187 e. The Morgan fingerprint density at radius 2 is 1.89 bits per heavy atom. The highest BCUT2D eigenvalue weighted by molar-refractivity contribution is 7.92. The van der Waals surface area contributed by atoms with Gasteiger partial charge in [-0.15, -0.1) is 0 Å². The molecule has 0 heterocycles. The largest absolute Gasteiger partial charge is 0.495 e. The molecule has 1 fully saturated rings. The lowest BCUT2D eigenvalue weighted by Crippen LogP contribution is -2.36. The highest BCUT2D eigenvalue weighted by Crippen LogP contribution is 2.33. The zero-order valence-electron chi connectivity index (χ0n) is 10.4. The van der Waals surface area contributed by atoms with E-state index in [0.717, 1.165) is 12.8 Å². The lowest BCUT2D eigenvalue weighted by molar-refractivity contribution is 0.133. The van der Waals surface area contributed by atoms with Crippen LogP contribution < -0.4 is 4.74 Å². The Labute approximate surface area is 108 Å². The second kappa shape index (κ2) is 5.28. The molecule has 18 heavy (non-hydrogen) atoms. The number of ether oxygens (including phenoxy) is 1. The predicted octanol–water partition coefficient (Wildman–Crippen LogP) is 1.77. The molecule has 4 nitrogen and oxygen atoms in total. The number of methoxy groups -OCH3 is 1. The van der Waals surface area contributed by atoms with E-state index in [0.29, 0.717) is 18.6 Å². The Bertz CT molecular complexity index is 509. The molecule has 2 rings (SSSR count). The molecule has 2 unspecified atom stereocenters. The number of para-hydroxylation sites is 1. The third kappa shape index (κ3) is 2.37. The standard InChI is InChI=1S/C13H18O4S/c1-17-11-7-3-5-9-13(11)18(15,16)12-8-4-2-6-10(12)14/h3,5,7,9-10,12,14H,2,4,6,8H2,1H3. The van der Waals surface area contributed by atoms with Crippen LogP contribution in [0.1, 0.15) is 25.7 Å². The predicted molar refractivity (Wildman–Crippen MR) is 68.4 cm³/mol. The van der Waals surface area contributed by atoms with Crippen LogP contribution in [-0.4, -0.2) is 32.0 Å². The summed E-state index contributed by atoms with van der Waals surface area (Å²) in [6.07, 6.45) is 2.03.